The van der Waals surface area contributed by atoms with E-state index in [0.29, 0.717) is 6.42 Å². The molecule has 0 aromatic heterocycles. The van der Waals surface area contributed by atoms with Crippen LogP contribution in [-0.4, -0.2) is 31.1 Å². The number of hydrogen-bond donors (Lipinski definition) is 2. The fourth-order valence-corrected chi connectivity index (χ4v) is 2.33. The van der Waals surface area contributed by atoms with Crippen molar-refractivity contribution >= 4 is 10.1 Å². The quantitative estimate of drug-likeness (QED) is 0.490. The second-order valence-electron chi connectivity index (χ2n) is 3.48. The summed E-state index contributed by atoms with van der Waals surface area (Å²) in [4.78, 5) is -1.61. The molecule has 0 spiro atoms. The van der Waals surface area contributed by atoms with E-state index in [4.69, 9.17) is 15.0 Å². The fourth-order valence-electron chi connectivity index (χ4n) is 1.45. The molecule has 0 saturated carbocycles. The first kappa shape index (κ1) is 14.8. The van der Waals surface area contributed by atoms with E-state index in [1.807, 2.05) is 6.92 Å². The molecule has 0 radical (unpaired) electrons. The van der Waals surface area contributed by atoms with Crippen LogP contribution in [0.3, 0.4) is 0 Å². The van der Waals surface area contributed by atoms with Gasteiger partial charge in [-0.2, -0.15) is 8.42 Å². The molecule has 0 bridgehead atoms. The Kier molecular flexibility index (Phi) is 6.35. The Bertz CT molecular complexity index is 265. The van der Waals surface area contributed by atoms with Crippen molar-refractivity contribution in [3.63, 3.8) is 0 Å². The molecule has 0 aliphatic heterocycles. The topological polar surface area (TPSA) is 89.6 Å². The summed E-state index contributed by atoms with van der Waals surface area (Å²) in [5.74, 6) is 0. The van der Waals surface area contributed by atoms with Gasteiger partial charge in [0.05, 0.1) is 0 Å². The van der Waals surface area contributed by atoms with Crippen LogP contribution in [0, 0.1) is 0 Å². The van der Waals surface area contributed by atoms with Gasteiger partial charge in [0.2, 0.25) is 4.93 Å². The summed E-state index contributed by atoms with van der Waals surface area (Å²) >= 11 is 0. The Morgan fingerprint density at radius 3 is 2.27 bits per heavy atom. The monoisotopic (exact) mass is 239 g/mol. The Hall–Kier alpha value is -0.170. The molecule has 0 amide bonds. The van der Waals surface area contributed by atoms with Gasteiger partial charge in [-0.1, -0.05) is 19.8 Å². The molecule has 0 rings (SSSR count). The molecule has 0 aliphatic carbocycles. The van der Waals surface area contributed by atoms with Crippen molar-refractivity contribution in [1.29, 1.82) is 0 Å². The summed E-state index contributed by atoms with van der Waals surface area (Å²) < 4.78 is 36.7. The molecule has 0 saturated heterocycles. The fraction of sp³-hybridized carbons (Fsp3) is 1.00. The maximum absolute atomic E-state index is 11.2. The molecular formula is C9H21NO4S. The SMILES string of the molecule is CCCCCC(CN)(OCC)S(=O)(=O)O. The summed E-state index contributed by atoms with van der Waals surface area (Å²) in [6.45, 7) is 3.68. The molecule has 15 heavy (non-hydrogen) atoms. The predicted molar refractivity (Wildman–Crippen MR) is 59.1 cm³/mol. The highest BCUT2D eigenvalue weighted by Crippen LogP contribution is 2.24. The van der Waals surface area contributed by atoms with E-state index >= 15 is 0 Å². The van der Waals surface area contributed by atoms with Crippen LogP contribution < -0.4 is 5.73 Å². The van der Waals surface area contributed by atoms with Gasteiger partial charge in [0.25, 0.3) is 10.1 Å². The lowest BCUT2D eigenvalue weighted by atomic mass is 10.1. The van der Waals surface area contributed by atoms with Crippen molar-refractivity contribution < 1.29 is 17.7 Å². The molecule has 6 heteroatoms. The average Bonchev–Trinajstić information content (AvgIpc) is 2.15. The van der Waals surface area contributed by atoms with Gasteiger partial charge in [-0.15, -0.1) is 0 Å². The summed E-state index contributed by atoms with van der Waals surface area (Å²) in [5.41, 5.74) is 5.40. The van der Waals surface area contributed by atoms with Gasteiger partial charge >= 0.3 is 0 Å². The van der Waals surface area contributed by atoms with Gasteiger partial charge in [-0.3, -0.25) is 4.55 Å². The van der Waals surface area contributed by atoms with Crippen molar-refractivity contribution in [2.24, 2.45) is 5.73 Å². The summed E-state index contributed by atoms with van der Waals surface area (Å²) in [7, 11) is -4.27. The second-order valence-corrected chi connectivity index (χ2v) is 5.17. The van der Waals surface area contributed by atoms with Crippen LogP contribution in [-0.2, 0) is 14.9 Å². The van der Waals surface area contributed by atoms with Crippen LogP contribution in [0.15, 0.2) is 0 Å². The molecule has 5 nitrogen and oxygen atoms in total. The molecule has 92 valence electrons. The van der Waals surface area contributed by atoms with Gasteiger partial charge in [0, 0.05) is 13.2 Å². The highest BCUT2D eigenvalue weighted by Gasteiger charge is 2.42. The maximum Gasteiger partial charge on any atom is 0.296 e. The van der Waals surface area contributed by atoms with E-state index in [9.17, 15) is 8.42 Å². The van der Waals surface area contributed by atoms with Gasteiger partial charge in [-0.25, -0.2) is 0 Å². The largest absolute Gasteiger partial charge is 0.356 e. The normalized spacial score (nSPS) is 16.3. The Morgan fingerprint density at radius 2 is 1.93 bits per heavy atom. The van der Waals surface area contributed by atoms with Crippen LogP contribution >= 0.6 is 0 Å². The minimum Gasteiger partial charge on any atom is -0.356 e. The smallest absolute Gasteiger partial charge is 0.296 e. The minimum atomic E-state index is -4.27. The lowest BCUT2D eigenvalue weighted by Gasteiger charge is -2.28. The molecule has 1 atom stereocenters. The summed E-state index contributed by atoms with van der Waals surface area (Å²) in [5, 5.41) is 0. The van der Waals surface area contributed by atoms with Crippen molar-refractivity contribution in [3.05, 3.63) is 0 Å². The zero-order valence-electron chi connectivity index (χ0n) is 9.40. The van der Waals surface area contributed by atoms with Crippen molar-refractivity contribution in [2.45, 2.75) is 44.5 Å². The highest BCUT2D eigenvalue weighted by atomic mass is 32.2. The molecule has 0 aromatic carbocycles. The van der Waals surface area contributed by atoms with Crippen LogP contribution in [0.2, 0.25) is 0 Å². The van der Waals surface area contributed by atoms with E-state index in [1.54, 1.807) is 6.92 Å². The lowest BCUT2D eigenvalue weighted by Crippen LogP contribution is -2.47. The predicted octanol–water partition coefficient (Wildman–Crippen LogP) is 1.15. The Morgan fingerprint density at radius 1 is 1.33 bits per heavy atom. The highest BCUT2D eigenvalue weighted by molar-refractivity contribution is 7.87. The molecule has 0 fully saturated rings. The van der Waals surface area contributed by atoms with E-state index in [2.05, 4.69) is 0 Å². The van der Waals surface area contributed by atoms with E-state index in [1.165, 1.54) is 0 Å². The Balaban J connectivity index is 4.67. The molecule has 1 unspecified atom stereocenters. The maximum atomic E-state index is 11.2. The lowest BCUT2D eigenvalue weighted by molar-refractivity contribution is 0.0180. The zero-order chi connectivity index (χ0) is 11.9. The van der Waals surface area contributed by atoms with Gasteiger partial charge in [0.15, 0.2) is 0 Å². The number of unbranched alkanes of at least 4 members (excludes halogenated alkanes) is 2. The first-order valence-corrected chi connectivity index (χ1v) is 6.68. The van der Waals surface area contributed by atoms with Crippen molar-refractivity contribution in [2.75, 3.05) is 13.2 Å². The molecule has 3 N–H and O–H groups in total. The third kappa shape index (κ3) is 4.06. The average molecular weight is 239 g/mol. The van der Waals surface area contributed by atoms with Crippen LogP contribution in [0.4, 0.5) is 0 Å². The van der Waals surface area contributed by atoms with E-state index in [-0.39, 0.29) is 19.6 Å². The van der Waals surface area contributed by atoms with E-state index in [0.717, 1.165) is 12.8 Å². The molecule has 0 aliphatic rings. The molecular weight excluding hydrogens is 218 g/mol. The second kappa shape index (κ2) is 6.42. The third-order valence-corrected chi connectivity index (χ3v) is 3.78. The van der Waals surface area contributed by atoms with Crippen LogP contribution in [0.25, 0.3) is 0 Å². The van der Waals surface area contributed by atoms with Crippen molar-refractivity contribution in [3.8, 4) is 0 Å². The van der Waals surface area contributed by atoms with Crippen LogP contribution in [0.1, 0.15) is 39.5 Å². The van der Waals surface area contributed by atoms with E-state index < -0.39 is 15.1 Å². The standard InChI is InChI=1S/C9H21NO4S/c1-3-5-6-7-9(8-10,14-4-2)15(11,12)13/h3-8,10H2,1-2H3,(H,11,12,13). The zero-order valence-corrected chi connectivity index (χ0v) is 10.2. The number of rotatable bonds is 8. The molecule has 0 heterocycles. The Labute approximate surface area is 91.7 Å². The van der Waals surface area contributed by atoms with Gasteiger partial charge in [0.1, 0.15) is 0 Å². The molecule has 0 aromatic rings. The third-order valence-electron chi connectivity index (χ3n) is 2.35. The summed E-state index contributed by atoms with van der Waals surface area (Å²) in [6.07, 6.45) is 2.78. The number of ether oxygens (including phenoxy) is 1. The van der Waals surface area contributed by atoms with Gasteiger partial charge < -0.3 is 10.5 Å². The first-order valence-electron chi connectivity index (χ1n) is 5.24. The van der Waals surface area contributed by atoms with Crippen LogP contribution in [0.5, 0.6) is 0 Å². The first-order chi connectivity index (χ1) is 6.93. The summed E-state index contributed by atoms with van der Waals surface area (Å²) in [6, 6.07) is 0. The number of nitrogens with two attached hydrogens (primary N) is 1. The van der Waals surface area contributed by atoms with Crippen molar-refractivity contribution in [1.82, 2.24) is 0 Å². The minimum absolute atomic E-state index is 0.211. The number of hydrogen-bond acceptors (Lipinski definition) is 4. The van der Waals surface area contributed by atoms with Gasteiger partial charge in [-0.05, 0) is 19.8 Å².